The van der Waals surface area contributed by atoms with E-state index in [9.17, 15) is 18.0 Å². The number of amides is 1. The molecule has 5 unspecified atom stereocenters. The second-order valence-electron chi connectivity index (χ2n) is 26.8. The fourth-order valence-electron chi connectivity index (χ4n) is 14.3. The average Bonchev–Trinajstić information content (AvgIpc) is 3.81. The van der Waals surface area contributed by atoms with Crippen molar-refractivity contribution in [2.45, 2.75) is 226 Å². The normalized spacial score (nSPS) is 29.6. The highest BCUT2D eigenvalue weighted by molar-refractivity contribution is 6.31. The van der Waals surface area contributed by atoms with E-state index in [-0.39, 0.29) is 70.9 Å². The number of alkyl halides is 3. The standard InChI is InChI=1S/C67H114ClF3N12O2/c1-15-48(6)61-40-76-60(38-46(2)3)50(8)75-41-62-63(65(84)81-34-19-16-20-35-81)53(11)83(62)64(47(4)5)51(9)78-66(28-17-18-29-66)45-73-32-31-72-30-27-55(25-23-54-24-26-58(59(68)39-54)67(69,70)71)74-33-37-79(12)42-57(44-85-14)80(13)43-56-22-21-36-82(56)52(10)49(7)77-61/h24,26-27,30,33,37,39,42-43,46-53,60-64,72-73,75-78H,15-23,25,28-29,31-32,34-36,38,40-41,44-45H2,1-14H3/t48-,49?,50?,51?,52-,53?,60-,61+,62?,63-,64-/m0/s1. The number of likely N-dealkylation sites (N-methyl/N-ethyl adjacent to an activating group) is 1. The van der Waals surface area contributed by atoms with Gasteiger partial charge in [0.25, 0.3) is 0 Å². The zero-order chi connectivity index (χ0) is 62.0. The molecule has 1 aromatic rings. The molecule has 3 saturated heterocycles. The summed E-state index contributed by atoms with van der Waals surface area (Å²) in [6.45, 7) is 33.0. The predicted octanol–water partition coefficient (Wildman–Crippen LogP) is 11.0. The summed E-state index contributed by atoms with van der Waals surface area (Å²) in [5.41, 5.74) is 2.86. The number of methoxy groups -OCH3 is 1. The van der Waals surface area contributed by atoms with E-state index in [1.165, 1.54) is 37.1 Å². The first-order chi connectivity index (χ1) is 40.5. The van der Waals surface area contributed by atoms with E-state index in [4.69, 9.17) is 21.3 Å². The van der Waals surface area contributed by atoms with Gasteiger partial charge in [-0.3, -0.25) is 14.7 Å². The van der Waals surface area contributed by atoms with E-state index < -0.39 is 11.7 Å². The van der Waals surface area contributed by atoms with Crippen LogP contribution in [0.5, 0.6) is 0 Å². The first kappa shape index (κ1) is 70.4. The van der Waals surface area contributed by atoms with Crippen molar-refractivity contribution < 1.29 is 22.7 Å². The summed E-state index contributed by atoms with van der Waals surface area (Å²) in [5, 5.41) is 23.7. The number of carbonyl (C=O) groups is 1. The van der Waals surface area contributed by atoms with Crippen molar-refractivity contribution in [2.24, 2.45) is 28.7 Å². The van der Waals surface area contributed by atoms with E-state index in [2.05, 4.69) is 147 Å². The van der Waals surface area contributed by atoms with Crippen LogP contribution in [-0.2, 0) is 22.1 Å². The van der Waals surface area contributed by atoms with Crippen LogP contribution in [0.3, 0.4) is 0 Å². The Morgan fingerprint density at radius 1 is 0.871 bits per heavy atom. The van der Waals surface area contributed by atoms with Gasteiger partial charge in [0.1, 0.15) is 0 Å². The fraction of sp³-hybridized carbons (Fsp3) is 0.761. The van der Waals surface area contributed by atoms with Crippen molar-refractivity contribution in [1.29, 1.82) is 0 Å². The van der Waals surface area contributed by atoms with Crippen LogP contribution < -0.4 is 31.9 Å². The summed E-state index contributed by atoms with van der Waals surface area (Å²) >= 11 is 6.15. The Morgan fingerprint density at radius 2 is 1.60 bits per heavy atom. The Balaban J connectivity index is 1.30. The molecule has 85 heavy (non-hydrogen) atoms. The van der Waals surface area contributed by atoms with E-state index in [1.54, 1.807) is 13.3 Å². The summed E-state index contributed by atoms with van der Waals surface area (Å²) in [4.78, 5) is 31.3. The van der Waals surface area contributed by atoms with Crippen molar-refractivity contribution in [1.82, 2.24) is 56.4 Å². The Kier molecular flexibility index (Phi) is 28.0. The minimum atomic E-state index is -4.52. The molecule has 4 aliphatic heterocycles. The van der Waals surface area contributed by atoms with Gasteiger partial charge in [-0.1, -0.05) is 78.5 Å². The summed E-state index contributed by atoms with van der Waals surface area (Å²) in [6.07, 6.45) is 20.4. The number of likely N-dealkylation sites (tertiary alicyclic amines) is 1. The third kappa shape index (κ3) is 20.2. The van der Waals surface area contributed by atoms with Gasteiger partial charge in [0, 0.05) is 170 Å². The molecule has 482 valence electrons. The SMILES string of the molecule is CC[C@H](C)[C@H]1CN[C@@H](CC(C)C)C(C)NCC2[C@@H](C(=O)N3CCCCC3)C(C)N2[C@@H](C(C)C)C(C)NC2(CCCC2)CNCCNC=CC(CCc2ccc(C(F)(F)F)c(Cl)c2)=NC=CN(C)C=C(COC)N(C)C=C2CCCN2[C@@H](C)C(C)N1. The van der Waals surface area contributed by atoms with Gasteiger partial charge < -0.3 is 56.2 Å². The summed E-state index contributed by atoms with van der Waals surface area (Å²) in [7, 11) is 5.77. The molecular weight excluding hydrogens is 1100 g/mol. The Hall–Kier alpha value is -3.68. The van der Waals surface area contributed by atoms with Crippen LogP contribution in [-0.4, -0.2) is 176 Å². The number of ether oxygens (including phenoxy) is 1. The Labute approximate surface area is 517 Å². The van der Waals surface area contributed by atoms with Gasteiger partial charge in [-0.25, -0.2) is 0 Å². The maximum atomic E-state index is 14.8. The molecule has 6 rings (SSSR count). The second kappa shape index (κ2) is 33.8. The summed E-state index contributed by atoms with van der Waals surface area (Å²) in [6, 6.07) is 5.76. The number of hydrogen-bond acceptors (Lipinski definition) is 13. The molecule has 18 heteroatoms. The molecule has 1 saturated carbocycles. The van der Waals surface area contributed by atoms with Gasteiger partial charge in [0.2, 0.25) is 5.91 Å². The number of benzene rings is 1. The van der Waals surface area contributed by atoms with Gasteiger partial charge >= 0.3 is 6.18 Å². The zero-order valence-corrected chi connectivity index (χ0v) is 55.5. The predicted molar refractivity (Wildman–Crippen MR) is 346 cm³/mol. The number of allylic oxidation sites excluding steroid dienone is 2. The highest BCUT2D eigenvalue weighted by Crippen LogP contribution is 2.41. The van der Waals surface area contributed by atoms with Crippen LogP contribution in [0, 0.1) is 23.7 Å². The second-order valence-corrected chi connectivity index (χ2v) is 27.2. The van der Waals surface area contributed by atoms with Crippen LogP contribution in [0.4, 0.5) is 13.2 Å². The van der Waals surface area contributed by atoms with Gasteiger partial charge in [-0.2, -0.15) is 13.2 Å². The highest BCUT2D eigenvalue weighted by Gasteiger charge is 2.55. The van der Waals surface area contributed by atoms with Crippen molar-refractivity contribution in [3.63, 3.8) is 0 Å². The quantitative estimate of drug-likeness (QED) is 0.126. The van der Waals surface area contributed by atoms with Crippen molar-refractivity contribution >= 4 is 23.2 Å². The Morgan fingerprint density at radius 3 is 2.26 bits per heavy atom. The third-order valence-corrected chi connectivity index (χ3v) is 19.8. The van der Waals surface area contributed by atoms with Crippen molar-refractivity contribution in [3.05, 3.63) is 82.8 Å². The van der Waals surface area contributed by atoms with E-state index >= 15 is 0 Å². The molecule has 6 N–H and O–H groups in total. The maximum absolute atomic E-state index is 14.8. The zero-order valence-electron chi connectivity index (χ0n) is 54.8. The minimum Gasteiger partial charge on any atom is -0.390 e. The fourth-order valence-corrected chi connectivity index (χ4v) is 14.6. The molecule has 14 nitrogen and oxygen atoms in total. The molecule has 1 aromatic carbocycles. The largest absolute Gasteiger partial charge is 0.417 e. The molecule has 4 fully saturated rings. The van der Waals surface area contributed by atoms with Crippen LogP contribution in [0.25, 0.3) is 0 Å². The first-order valence-corrected chi connectivity index (χ1v) is 33.2. The number of fused-ring (bicyclic) bond motifs is 2. The van der Waals surface area contributed by atoms with Gasteiger partial charge in [0.15, 0.2) is 0 Å². The number of hydrogen-bond donors (Lipinski definition) is 6. The van der Waals surface area contributed by atoms with E-state index in [0.29, 0.717) is 55.2 Å². The summed E-state index contributed by atoms with van der Waals surface area (Å²) in [5.74, 6) is 1.62. The molecule has 0 radical (unpaired) electrons. The highest BCUT2D eigenvalue weighted by atomic mass is 35.5. The molecule has 4 heterocycles. The number of aliphatic imine (C=N–C) groups is 1. The van der Waals surface area contributed by atoms with Crippen LogP contribution in [0.2, 0.25) is 5.02 Å². The number of nitrogens with zero attached hydrogens (tertiary/aromatic N) is 6. The average molecular weight is 1210 g/mol. The van der Waals surface area contributed by atoms with Crippen molar-refractivity contribution in [3.8, 4) is 0 Å². The minimum absolute atomic E-state index is 0.0460. The number of aryl methyl sites for hydroxylation is 1. The molecular formula is C67H114ClF3N12O2. The maximum Gasteiger partial charge on any atom is 0.417 e. The lowest BCUT2D eigenvalue weighted by atomic mass is 9.74. The lowest BCUT2D eigenvalue weighted by molar-refractivity contribution is -0.162. The van der Waals surface area contributed by atoms with Gasteiger partial charge in [0.05, 0.1) is 28.8 Å². The lowest BCUT2D eigenvalue weighted by Crippen LogP contribution is -2.76. The molecule has 0 aromatic heterocycles. The number of piperidine rings is 1. The molecule has 1 spiro atoms. The molecule has 11 atom stereocenters. The van der Waals surface area contributed by atoms with Crippen molar-refractivity contribution in [2.75, 3.05) is 80.2 Å². The number of nitrogens with one attached hydrogen (secondary N) is 6. The first-order valence-electron chi connectivity index (χ1n) is 32.8. The molecule has 5 aliphatic rings. The topological polar surface area (TPSA) is 127 Å². The smallest absolute Gasteiger partial charge is 0.390 e. The molecule has 1 amide bonds. The number of halogens is 4. The van der Waals surface area contributed by atoms with E-state index in [1.807, 2.05) is 30.4 Å². The van der Waals surface area contributed by atoms with Crippen LogP contribution in [0.15, 0.2) is 71.7 Å². The van der Waals surface area contributed by atoms with E-state index in [0.717, 1.165) is 115 Å². The lowest BCUT2D eigenvalue weighted by Gasteiger charge is -2.60. The number of carbonyl (C=O) groups excluding carboxylic acids is 1. The Bertz CT molecular complexity index is 2350. The van der Waals surface area contributed by atoms with Gasteiger partial charge in [-0.15, -0.1) is 0 Å². The van der Waals surface area contributed by atoms with Crippen LogP contribution >= 0.6 is 11.6 Å². The third-order valence-electron chi connectivity index (χ3n) is 19.5. The molecule has 1 aliphatic carbocycles. The van der Waals surface area contributed by atoms with Gasteiger partial charge in [-0.05, 0) is 147 Å². The monoisotopic (exact) mass is 1210 g/mol. The van der Waals surface area contributed by atoms with Crippen LogP contribution in [0.1, 0.15) is 164 Å². The summed E-state index contributed by atoms with van der Waals surface area (Å²) < 4.78 is 46.5. The molecule has 0 bridgehead atoms. The number of rotatable bonds is 11.